The second kappa shape index (κ2) is 2.87. The van der Waals surface area contributed by atoms with Gasteiger partial charge in [-0.3, -0.25) is 0 Å². The molecule has 2 rings (SSSR count). The van der Waals surface area contributed by atoms with Crippen LogP contribution in [0.15, 0.2) is 17.1 Å². The molecule has 0 spiro atoms. The molecule has 58 valence electrons. The van der Waals surface area contributed by atoms with Crippen LogP contribution in [0.1, 0.15) is 14.2 Å². The van der Waals surface area contributed by atoms with Gasteiger partial charge in [0.05, 0.1) is 16.0 Å². The van der Waals surface area contributed by atoms with Crippen molar-refractivity contribution in [2.45, 2.75) is 5.92 Å². The van der Waals surface area contributed by atoms with Gasteiger partial charge in [0.2, 0.25) is 0 Å². The van der Waals surface area contributed by atoms with Gasteiger partial charge in [-0.25, -0.2) is 9.97 Å². The van der Waals surface area contributed by atoms with Gasteiger partial charge in [-0.1, -0.05) is 0 Å². The van der Waals surface area contributed by atoms with E-state index in [9.17, 15) is 0 Å². The molecule has 0 aliphatic carbocycles. The van der Waals surface area contributed by atoms with Crippen LogP contribution in [0.4, 0.5) is 0 Å². The van der Waals surface area contributed by atoms with E-state index < -0.39 is 0 Å². The molecule has 0 bridgehead atoms. The molecule has 4 heteroatoms. The van der Waals surface area contributed by atoms with E-state index in [1.807, 2.05) is 0 Å². The molecular formula is C7H7BrN2O. The summed E-state index contributed by atoms with van der Waals surface area (Å²) in [6.45, 7) is 1.14. The molecule has 0 radical (unpaired) electrons. The zero-order chi connectivity index (χ0) is 9.42. The van der Waals surface area contributed by atoms with Gasteiger partial charge in [-0.05, 0) is 21.5 Å². The number of hydrogen-bond acceptors (Lipinski definition) is 3. The third-order valence-electron chi connectivity index (χ3n) is 1.58. The van der Waals surface area contributed by atoms with Crippen LogP contribution < -0.4 is 0 Å². The topological polar surface area (TPSA) is 35.0 Å². The van der Waals surface area contributed by atoms with Gasteiger partial charge < -0.3 is 4.74 Å². The number of aromatic nitrogens is 2. The molecule has 1 aliphatic rings. The predicted octanol–water partition coefficient (Wildman–Crippen LogP) is 1.35. The van der Waals surface area contributed by atoms with Crippen LogP contribution in [0, 0.1) is 0 Å². The maximum Gasteiger partial charge on any atom is 0.196 e. The second-order valence-corrected chi connectivity index (χ2v) is 3.07. The van der Waals surface area contributed by atoms with E-state index in [1.165, 1.54) is 0 Å². The fourth-order valence-corrected chi connectivity index (χ4v) is 1.02. The summed E-state index contributed by atoms with van der Waals surface area (Å²) in [6.07, 6.45) is 0.250. The SMILES string of the molecule is [2H]c1nc(Br)nc([2H])c1C1COC1. The average molecular weight is 217 g/mol. The average Bonchev–Trinajstić information content (AvgIpc) is 1.92. The molecule has 0 amide bonds. The summed E-state index contributed by atoms with van der Waals surface area (Å²) in [4.78, 5) is 7.67. The van der Waals surface area contributed by atoms with Gasteiger partial charge in [0.25, 0.3) is 0 Å². The fraction of sp³-hybridized carbons (Fsp3) is 0.429. The molecule has 0 atom stereocenters. The molecule has 2 heterocycles. The Kier molecular flexibility index (Phi) is 1.36. The highest BCUT2D eigenvalue weighted by atomic mass is 79.9. The van der Waals surface area contributed by atoms with Gasteiger partial charge in [0, 0.05) is 18.3 Å². The molecule has 1 aromatic heterocycles. The Balaban J connectivity index is 2.43. The Morgan fingerprint density at radius 1 is 1.55 bits per heavy atom. The van der Waals surface area contributed by atoms with Crippen molar-refractivity contribution in [3.05, 3.63) is 22.6 Å². The monoisotopic (exact) mass is 216 g/mol. The van der Waals surface area contributed by atoms with Gasteiger partial charge in [-0.2, -0.15) is 0 Å². The highest BCUT2D eigenvalue weighted by Gasteiger charge is 2.20. The standard InChI is InChI=1S/C7H7BrN2O/c8-7-9-1-5(2-10-7)6-3-11-4-6/h1-2,6H,3-4H2/i1D,2D. The van der Waals surface area contributed by atoms with Crippen LogP contribution in [0.3, 0.4) is 0 Å². The molecule has 1 aliphatic heterocycles. The number of nitrogens with zero attached hydrogens (tertiary/aromatic N) is 2. The van der Waals surface area contributed by atoms with E-state index in [1.54, 1.807) is 0 Å². The summed E-state index contributed by atoms with van der Waals surface area (Å²) < 4.78 is 20.4. The minimum absolute atomic E-state index is 0.125. The molecule has 1 aromatic rings. The van der Waals surface area contributed by atoms with E-state index in [4.69, 9.17) is 7.48 Å². The lowest BCUT2D eigenvalue weighted by Gasteiger charge is -2.25. The zero-order valence-corrected chi connectivity index (χ0v) is 7.26. The minimum atomic E-state index is 0.125. The van der Waals surface area contributed by atoms with Crippen LogP contribution in [0.25, 0.3) is 0 Å². The van der Waals surface area contributed by atoms with Crippen LogP contribution in [0.5, 0.6) is 0 Å². The highest BCUT2D eigenvalue weighted by Crippen LogP contribution is 2.22. The number of hydrogen-bond donors (Lipinski definition) is 0. The van der Waals surface area contributed by atoms with Crippen LogP contribution >= 0.6 is 15.9 Å². The molecule has 3 nitrogen and oxygen atoms in total. The smallest absolute Gasteiger partial charge is 0.196 e. The van der Waals surface area contributed by atoms with Crippen molar-refractivity contribution in [1.82, 2.24) is 9.97 Å². The van der Waals surface area contributed by atoms with E-state index in [2.05, 4.69) is 25.9 Å². The third-order valence-corrected chi connectivity index (χ3v) is 1.94. The normalized spacial score (nSPS) is 20.5. The molecule has 0 N–H and O–H groups in total. The number of rotatable bonds is 1. The maximum absolute atomic E-state index is 7.56. The van der Waals surface area contributed by atoms with Gasteiger partial charge in [0.1, 0.15) is 0 Å². The third kappa shape index (κ3) is 1.41. The summed E-state index contributed by atoms with van der Waals surface area (Å²) in [5.74, 6) is 0.132. The van der Waals surface area contributed by atoms with E-state index in [0.717, 1.165) is 0 Å². The zero-order valence-electron chi connectivity index (χ0n) is 7.67. The molecule has 11 heavy (non-hydrogen) atoms. The van der Waals surface area contributed by atoms with Crippen LogP contribution in [-0.2, 0) is 4.74 Å². The largest absolute Gasteiger partial charge is 0.380 e. The van der Waals surface area contributed by atoms with Crippen molar-refractivity contribution in [2.24, 2.45) is 0 Å². The lowest BCUT2D eigenvalue weighted by molar-refractivity contribution is 0.00813. The Morgan fingerprint density at radius 2 is 2.18 bits per heavy atom. The maximum atomic E-state index is 7.56. The number of halogens is 1. The highest BCUT2D eigenvalue weighted by molar-refractivity contribution is 9.10. The van der Waals surface area contributed by atoms with Crippen molar-refractivity contribution in [3.8, 4) is 0 Å². The number of ether oxygens (including phenoxy) is 1. The second-order valence-electron chi connectivity index (χ2n) is 2.36. The lowest BCUT2D eigenvalue weighted by atomic mass is 10.0. The quantitative estimate of drug-likeness (QED) is 0.666. The minimum Gasteiger partial charge on any atom is -0.380 e. The first kappa shape index (κ1) is 5.22. The van der Waals surface area contributed by atoms with Gasteiger partial charge in [0.15, 0.2) is 4.73 Å². The Hall–Kier alpha value is -0.480. The lowest BCUT2D eigenvalue weighted by Crippen LogP contribution is -2.25. The van der Waals surface area contributed by atoms with Crippen molar-refractivity contribution in [1.29, 1.82) is 0 Å². The molecule has 1 fully saturated rings. The summed E-state index contributed by atoms with van der Waals surface area (Å²) >= 11 is 3.04. The van der Waals surface area contributed by atoms with E-state index in [-0.39, 0.29) is 18.3 Å². The summed E-state index contributed by atoms with van der Waals surface area (Å²) in [5.41, 5.74) is 0.592. The summed E-state index contributed by atoms with van der Waals surface area (Å²) in [5, 5.41) is 0. The summed E-state index contributed by atoms with van der Waals surface area (Å²) in [7, 11) is 0. The van der Waals surface area contributed by atoms with Crippen molar-refractivity contribution >= 4 is 15.9 Å². The van der Waals surface area contributed by atoms with Crippen LogP contribution in [0.2, 0.25) is 0 Å². The van der Waals surface area contributed by atoms with E-state index >= 15 is 0 Å². The molecule has 0 saturated carbocycles. The van der Waals surface area contributed by atoms with E-state index in [0.29, 0.717) is 23.5 Å². The Labute approximate surface area is 75.8 Å². The predicted molar refractivity (Wildman–Crippen MR) is 43.3 cm³/mol. The van der Waals surface area contributed by atoms with Crippen molar-refractivity contribution in [2.75, 3.05) is 13.2 Å². The summed E-state index contributed by atoms with van der Waals surface area (Å²) in [6, 6.07) is 0. The molecule has 0 unspecified atom stereocenters. The van der Waals surface area contributed by atoms with Crippen LogP contribution in [-0.4, -0.2) is 23.2 Å². The molecule has 1 saturated heterocycles. The van der Waals surface area contributed by atoms with Crippen molar-refractivity contribution in [3.63, 3.8) is 0 Å². The first-order chi connectivity index (χ1) is 6.18. The van der Waals surface area contributed by atoms with Gasteiger partial charge in [-0.15, -0.1) is 0 Å². The van der Waals surface area contributed by atoms with Crippen molar-refractivity contribution < 1.29 is 7.48 Å². The first-order valence-corrected chi connectivity index (χ1v) is 4.06. The Morgan fingerprint density at radius 3 is 2.64 bits per heavy atom. The molecule has 0 aromatic carbocycles. The van der Waals surface area contributed by atoms with Gasteiger partial charge >= 0.3 is 0 Å². The first-order valence-electron chi connectivity index (χ1n) is 4.27. The molecular weight excluding hydrogens is 208 g/mol. The fourth-order valence-electron chi connectivity index (χ4n) is 0.848. The Bertz CT molecular complexity index is 320.